The van der Waals surface area contributed by atoms with Crippen LogP contribution in [0.5, 0.6) is 0 Å². The molecule has 0 unspecified atom stereocenters. The van der Waals surface area contributed by atoms with Crippen molar-refractivity contribution in [2.75, 3.05) is 0 Å². The Bertz CT molecular complexity index is 608. The second-order valence-corrected chi connectivity index (χ2v) is 5.76. The van der Waals surface area contributed by atoms with Crippen molar-refractivity contribution in [3.8, 4) is 0 Å². The zero-order valence-corrected chi connectivity index (χ0v) is 10.5. The molecule has 2 heterocycles. The van der Waals surface area contributed by atoms with Gasteiger partial charge in [0, 0.05) is 18.9 Å². The second kappa shape index (κ2) is 4.36. The molecule has 0 aromatic rings. The van der Waals surface area contributed by atoms with E-state index in [1.807, 2.05) is 0 Å². The van der Waals surface area contributed by atoms with E-state index in [-0.39, 0.29) is 19.3 Å². The van der Waals surface area contributed by atoms with Gasteiger partial charge in [-0.3, -0.25) is 9.69 Å². The van der Waals surface area contributed by atoms with Crippen LogP contribution in [0.25, 0.3) is 0 Å². The van der Waals surface area contributed by atoms with Crippen molar-refractivity contribution in [1.29, 1.82) is 0 Å². The summed E-state index contributed by atoms with van der Waals surface area (Å²) >= 11 is 0. The van der Waals surface area contributed by atoms with Crippen LogP contribution in [0.4, 0.5) is 13.2 Å². The number of carboxylic acid groups (broad SMARTS) is 1. The van der Waals surface area contributed by atoms with Gasteiger partial charge in [0.25, 0.3) is 0 Å². The number of amides is 1. The summed E-state index contributed by atoms with van der Waals surface area (Å²) in [5.74, 6) is -3.19. The molecule has 2 aliphatic rings. The average Bonchev–Trinajstić information content (AvgIpc) is 2.27. The predicted molar refractivity (Wildman–Crippen MR) is 55.2 cm³/mol. The Kier molecular flexibility index (Phi) is 3.19. The molecule has 1 amide bonds. The SMILES string of the molecule is O=C(O)C1=C(OS(=O)(=O)C(F)(F)F)CC[C@@H]2CC(=O)N12. The van der Waals surface area contributed by atoms with Gasteiger partial charge in [0.15, 0.2) is 11.5 Å². The van der Waals surface area contributed by atoms with Crippen LogP contribution in [-0.2, 0) is 23.9 Å². The number of aliphatic carboxylic acids is 1. The highest BCUT2D eigenvalue weighted by atomic mass is 32.2. The summed E-state index contributed by atoms with van der Waals surface area (Å²) in [7, 11) is -5.96. The highest BCUT2D eigenvalue weighted by Gasteiger charge is 2.51. The number of halogens is 3. The number of carbonyl (C=O) groups is 2. The minimum absolute atomic E-state index is 0.0794. The third-order valence-electron chi connectivity index (χ3n) is 2.95. The van der Waals surface area contributed by atoms with Crippen LogP contribution in [0, 0.1) is 0 Å². The molecule has 1 saturated heterocycles. The van der Waals surface area contributed by atoms with Crippen LogP contribution in [0.3, 0.4) is 0 Å². The number of nitrogens with zero attached hydrogens (tertiary/aromatic N) is 1. The molecule has 1 N–H and O–H groups in total. The summed E-state index contributed by atoms with van der Waals surface area (Å²) in [6.45, 7) is 0. The fourth-order valence-electron chi connectivity index (χ4n) is 2.05. The van der Waals surface area contributed by atoms with Gasteiger partial charge in [0.2, 0.25) is 5.91 Å². The molecule has 11 heteroatoms. The molecule has 2 rings (SSSR count). The molecule has 0 radical (unpaired) electrons. The van der Waals surface area contributed by atoms with Crippen molar-refractivity contribution >= 4 is 22.0 Å². The fourth-order valence-corrected chi connectivity index (χ4v) is 2.58. The van der Waals surface area contributed by atoms with Crippen molar-refractivity contribution in [3.05, 3.63) is 11.5 Å². The molecule has 0 spiro atoms. The Balaban J connectivity index is 2.40. The van der Waals surface area contributed by atoms with E-state index in [1.54, 1.807) is 0 Å². The maximum Gasteiger partial charge on any atom is 0.534 e. The minimum Gasteiger partial charge on any atom is -0.476 e. The summed E-state index contributed by atoms with van der Waals surface area (Å²) < 4.78 is 62.3. The molecule has 2 aliphatic heterocycles. The van der Waals surface area contributed by atoms with Crippen LogP contribution in [0.1, 0.15) is 19.3 Å². The van der Waals surface area contributed by atoms with Crippen LogP contribution >= 0.6 is 0 Å². The maximum atomic E-state index is 12.2. The van der Waals surface area contributed by atoms with Gasteiger partial charge >= 0.3 is 21.6 Å². The number of carboxylic acids is 1. The summed E-state index contributed by atoms with van der Waals surface area (Å²) in [6, 6.07) is -0.436. The largest absolute Gasteiger partial charge is 0.534 e. The molecular weight excluding hydrogens is 307 g/mol. The van der Waals surface area contributed by atoms with E-state index in [2.05, 4.69) is 4.18 Å². The van der Waals surface area contributed by atoms with Gasteiger partial charge < -0.3 is 9.29 Å². The van der Waals surface area contributed by atoms with E-state index in [1.165, 1.54) is 0 Å². The van der Waals surface area contributed by atoms with Gasteiger partial charge in [0.05, 0.1) is 0 Å². The third kappa shape index (κ3) is 2.21. The van der Waals surface area contributed by atoms with E-state index < -0.39 is 45.0 Å². The molecule has 7 nitrogen and oxygen atoms in total. The monoisotopic (exact) mass is 315 g/mol. The van der Waals surface area contributed by atoms with Crippen LogP contribution < -0.4 is 0 Å². The molecule has 0 aromatic carbocycles. The summed E-state index contributed by atoms with van der Waals surface area (Å²) in [6.07, 6.45) is -0.0767. The third-order valence-corrected chi connectivity index (χ3v) is 3.94. The summed E-state index contributed by atoms with van der Waals surface area (Å²) in [5.41, 5.74) is -6.51. The van der Waals surface area contributed by atoms with Crippen molar-refractivity contribution in [3.63, 3.8) is 0 Å². The Labute approximate surface area is 110 Å². The first-order chi connectivity index (χ1) is 9.04. The average molecular weight is 315 g/mol. The highest BCUT2D eigenvalue weighted by Crippen LogP contribution is 2.38. The molecule has 1 fully saturated rings. The number of hydrogen-bond donors (Lipinski definition) is 1. The van der Waals surface area contributed by atoms with Crippen LogP contribution in [-0.4, -0.2) is 41.9 Å². The first-order valence-corrected chi connectivity index (χ1v) is 6.74. The minimum atomic E-state index is -5.96. The first kappa shape index (κ1) is 14.6. The number of fused-ring (bicyclic) bond motifs is 1. The lowest BCUT2D eigenvalue weighted by atomic mass is 9.91. The van der Waals surface area contributed by atoms with Gasteiger partial charge in [-0.15, -0.1) is 0 Å². The second-order valence-electron chi connectivity index (χ2n) is 4.22. The van der Waals surface area contributed by atoms with E-state index in [0.29, 0.717) is 0 Å². The Morgan fingerprint density at radius 1 is 1.40 bits per heavy atom. The number of alkyl halides is 3. The molecule has 0 aliphatic carbocycles. The number of hydrogen-bond acceptors (Lipinski definition) is 5. The van der Waals surface area contributed by atoms with Crippen LogP contribution in [0.2, 0.25) is 0 Å². The lowest BCUT2D eigenvalue weighted by Gasteiger charge is -2.43. The molecule has 0 bridgehead atoms. The van der Waals surface area contributed by atoms with Gasteiger partial charge in [-0.25, -0.2) is 4.79 Å². The fraction of sp³-hybridized carbons (Fsp3) is 0.556. The summed E-state index contributed by atoms with van der Waals surface area (Å²) in [5, 5.41) is 8.94. The van der Waals surface area contributed by atoms with Gasteiger partial charge in [-0.2, -0.15) is 21.6 Å². The predicted octanol–water partition coefficient (Wildman–Crippen LogP) is 0.543. The number of rotatable bonds is 3. The van der Waals surface area contributed by atoms with Gasteiger partial charge in [-0.1, -0.05) is 0 Å². The maximum absolute atomic E-state index is 12.2. The van der Waals surface area contributed by atoms with Crippen LogP contribution in [0.15, 0.2) is 11.5 Å². The molecule has 112 valence electrons. The van der Waals surface area contributed by atoms with Crippen molar-refractivity contribution < 1.29 is 40.5 Å². The van der Waals surface area contributed by atoms with Crippen molar-refractivity contribution in [2.24, 2.45) is 0 Å². The molecule has 1 atom stereocenters. The topological polar surface area (TPSA) is 101 Å². The Hall–Kier alpha value is -1.78. The normalized spacial score (nSPS) is 23.2. The quantitative estimate of drug-likeness (QED) is 0.463. The van der Waals surface area contributed by atoms with E-state index in [0.717, 1.165) is 4.90 Å². The number of allylic oxidation sites excluding steroid dienone is 1. The summed E-state index contributed by atoms with van der Waals surface area (Å²) in [4.78, 5) is 23.1. The lowest BCUT2D eigenvalue weighted by molar-refractivity contribution is -0.150. The molecular formula is C9H8F3NO6S. The molecule has 0 saturated carbocycles. The van der Waals surface area contributed by atoms with Crippen molar-refractivity contribution in [1.82, 2.24) is 4.90 Å². The Morgan fingerprint density at radius 3 is 2.45 bits per heavy atom. The van der Waals surface area contributed by atoms with Crippen molar-refractivity contribution in [2.45, 2.75) is 30.8 Å². The first-order valence-electron chi connectivity index (χ1n) is 5.34. The smallest absolute Gasteiger partial charge is 0.476 e. The van der Waals surface area contributed by atoms with E-state index in [4.69, 9.17) is 5.11 Å². The zero-order valence-electron chi connectivity index (χ0n) is 9.68. The standard InChI is InChI=1S/C9H8F3NO6S/c10-9(11,12)20(17,18)19-5-2-1-4-3-6(14)13(4)7(5)8(15)16/h4H,1-3H2,(H,15,16)/t4-/m1/s1. The molecule has 0 aromatic heterocycles. The number of carbonyl (C=O) groups excluding carboxylic acids is 1. The van der Waals surface area contributed by atoms with E-state index >= 15 is 0 Å². The zero-order chi connectivity index (χ0) is 15.3. The number of β-lactam (4-membered cyclic amide) rings is 1. The lowest BCUT2D eigenvalue weighted by Crippen LogP contribution is -2.55. The Morgan fingerprint density at radius 2 is 2.00 bits per heavy atom. The van der Waals surface area contributed by atoms with Gasteiger partial charge in [-0.05, 0) is 6.42 Å². The molecule has 20 heavy (non-hydrogen) atoms. The van der Waals surface area contributed by atoms with Gasteiger partial charge in [0.1, 0.15) is 0 Å². The highest BCUT2D eigenvalue weighted by molar-refractivity contribution is 7.87. The van der Waals surface area contributed by atoms with E-state index in [9.17, 15) is 31.2 Å².